The summed E-state index contributed by atoms with van der Waals surface area (Å²) in [6.45, 7) is 4.49. The van der Waals surface area contributed by atoms with Gasteiger partial charge in [-0.25, -0.2) is 0 Å². The molecule has 0 heterocycles. The van der Waals surface area contributed by atoms with Crippen molar-refractivity contribution in [2.45, 2.75) is 26.7 Å². The summed E-state index contributed by atoms with van der Waals surface area (Å²) in [4.78, 5) is 0. The quantitative estimate of drug-likeness (QED) is 0.509. The Kier molecular flexibility index (Phi) is 2.68. The number of rotatable bonds is 1. The Hall–Kier alpha value is -0.0900. The summed E-state index contributed by atoms with van der Waals surface area (Å²) in [6.07, 6.45) is 7.10. The molecule has 1 aliphatic carbocycles. The molecule has 0 aromatic heterocycles. The normalized spacial score (nSPS) is 18.8. The Morgan fingerprint density at radius 2 is 1.90 bits per heavy atom. The van der Waals surface area contributed by atoms with Crippen LogP contribution in [-0.2, 0) is 0 Å². The van der Waals surface area contributed by atoms with E-state index in [1.54, 1.807) is 0 Å². The Morgan fingerprint density at radius 3 is 2.30 bits per heavy atom. The van der Waals surface area contributed by atoms with Crippen molar-refractivity contribution in [2.75, 3.05) is 0 Å². The van der Waals surface area contributed by atoms with Gasteiger partial charge in [0.1, 0.15) is 0 Å². The molecule has 0 fully saturated rings. The third kappa shape index (κ3) is 1.70. The molecule has 0 saturated carbocycles. The van der Waals surface area contributed by atoms with Gasteiger partial charge in [-0.15, -0.1) is 9.24 Å². The number of allylic oxidation sites excluding steroid dienone is 4. The van der Waals surface area contributed by atoms with E-state index in [1.807, 2.05) is 0 Å². The lowest BCUT2D eigenvalue weighted by Crippen LogP contribution is -1.97. The average molecular weight is 154 g/mol. The number of hydrogen-bond donors (Lipinski definition) is 0. The Bertz CT molecular complexity index is 175. The zero-order valence-electron chi connectivity index (χ0n) is 6.72. The minimum atomic E-state index is 0.684. The van der Waals surface area contributed by atoms with Gasteiger partial charge < -0.3 is 0 Å². The molecule has 1 rings (SSSR count). The van der Waals surface area contributed by atoms with Crippen molar-refractivity contribution in [2.24, 2.45) is 5.92 Å². The fourth-order valence-electron chi connectivity index (χ4n) is 1.28. The molecule has 0 saturated heterocycles. The van der Waals surface area contributed by atoms with E-state index in [1.165, 1.54) is 23.7 Å². The second-order valence-corrected chi connectivity index (χ2v) is 3.67. The fourth-order valence-corrected chi connectivity index (χ4v) is 1.90. The summed E-state index contributed by atoms with van der Waals surface area (Å²) in [5, 5.41) is 1.40. The zero-order chi connectivity index (χ0) is 7.56. The van der Waals surface area contributed by atoms with Gasteiger partial charge >= 0.3 is 0 Å². The molecule has 1 heteroatoms. The largest absolute Gasteiger partial charge is 0.106 e. The highest BCUT2D eigenvalue weighted by molar-refractivity contribution is 7.23. The van der Waals surface area contributed by atoms with Crippen molar-refractivity contribution in [1.29, 1.82) is 0 Å². The van der Waals surface area contributed by atoms with Crippen LogP contribution < -0.4 is 0 Å². The van der Waals surface area contributed by atoms with Crippen molar-refractivity contribution in [3.8, 4) is 0 Å². The predicted molar refractivity (Wildman–Crippen MR) is 49.9 cm³/mol. The fraction of sp³-hybridized carbons (Fsp3) is 0.556. The maximum Gasteiger partial charge on any atom is -0.0216 e. The third-order valence-corrected chi connectivity index (χ3v) is 2.42. The SMILES string of the molecule is CC(C)C1=CCCC=C1P. The third-order valence-electron chi connectivity index (χ3n) is 1.85. The van der Waals surface area contributed by atoms with E-state index in [0.29, 0.717) is 5.92 Å². The van der Waals surface area contributed by atoms with Crippen LogP contribution in [0.3, 0.4) is 0 Å². The van der Waals surface area contributed by atoms with Crippen LogP contribution in [0.1, 0.15) is 26.7 Å². The summed E-state index contributed by atoms with van der Waals surface area (Å²) in [5.74, 6) is 0.684. The highest BCUT2D eigenvalue weighted by atomic mass is 31.0. The molecular formula is C9H15P. The van der Waals surface area contributed by atoms with Gasteiger partial charge in [0.2, 0.25) is 0 Å². The monoisotopic (exact) mass is 154 g/mol. The van der Waals surface area contributed by atoms with Crippen LogP contribution in [0.5, 0.6) is 0 Å². The molecular weight excluding hydrogens is 139 g/mol. The first-order chi connectivity index (χ1) is 4.72. The summed E-state index contributed by atoms with van der Waals surface area (Å²) >= 11 is 0. The van der Waals surface area contributed by atoms with E-state index in [9.17, 15) is 0 Å². The van der Waals surface area contributed by atoms with Crippen molar-refractivity contribution in [3.05, 3.63) is 23.0 Å². The minimum absolute atomic E-state index is 0.684. The lowest BCUT2D eigenvalue weighted by atomic mass is 9.97. The minimum Gasteiger partial charge on any atom is -0.106 e. The summed E-state index contributed by atoms with van der Waals surface area (Å²) in [5.41, 5.74) is 1.51. The van der Waals surface area contributed by atoms with Crippen LogP contribution in [0.4, 0.5) is 0 Å². The Morgan fingerprint density at radius 1 is 1.30 bits per heavy atom. The van der Waals surface area contributed by atoms with Crippen LogP contribution in [0, 0.1) is 5.92 Å². The highest BCUT2D eigenvalue weighted by Gasteiger charge is 2.07. The van der Waals surface area contributed by atoms with Gasteiger partial charge in [0.25, 0.3) is 0 Å². The molecule has 1 atom stereocenters. The standard InChI is InChI=1S/C9H15P/c1-7(2)8-5-3-4-6-9(8)10/h5-7H,3-4,10H2,1-2H3. The van der Waals surface area contributed by atoms with Crippen molar-refractivity contribution >= 4 is 9.24 Å². The topological polar surface area (TPSA) is 0 Å². The second-order valence-electron chi connectivity index (χ2n) is 3.05. The second kappa shape index (κ2) is 3.34. The molecule has 1 unspecified atom stereocenters. The highest BCUT2D eigenvalue weighted by Crippen LogP contribution is 2.29. The molecule has 1 aliphatic rings. The van der Waals surface area contributed by atoms with Crippen molar-refractivity contribution in [1.82, 2.24) is 0 Å². The van der Waals surface area contributed by atoms with Gasteiger partial charge in [0.05, 0.1) is 0 Å². The van der Waals surface area contributed by atoms with Crippen LogP contribution in [-0.4, -0.2) is 0 Å². The zero-order valence-corrected chi connectivity index (χ0v) is 7.88. The van der Waals surface area contributed by atoms with Gasteiger partial charge in [0, 0.05) is 0 Å². The van der Waals surface area contributed by atoms with E-state index in [0.717, 1.165) is 0 Å². The summed E-state index contributed by atoms with van der Waals surface area (Å²) in [7, 11) is 2.81. The first-order valence-corrected chi connectivity index (χ1v) is 4.45. The number of hydrogen-bond acceptors (Lipinski definition) is 0. The summed E-state index contributed by atoms with van der Waals surface area (Å²) in [6, 6.07) is 0. The maximum atomic E-state index is 2.81. The summed E-state index contributed by atoms with van der Waals surface area (Å²) < 4.78 is 0. The molecule has 10 heavy (non-hydrogen) atoms. The van der Waals surface area contributed by atoms with E-state index in [4.69, 9.17) is 0 Å². The molecule has 0 aromatic rings. The van der Waals surface area contributed by atoms with E-state index >= 15 is 0 Å². The van der Waals surface area contributed by atoms with Crippen LogP contribution in [0.2, 0.25) is 0 Å². The average Bonchev–Trinajstić information content (AvgIpc) is 1.88. The van der Waals surface area contributed by atoms with Gasteiger partial charge in [0.15, 0.2) is 0 Å². The first-order valence-electron chi connectivity index (χ1n) is 3.88. The lowest BCUT2D eigenvalue weighted by molar-refractivity contribution is 0.769. The lowest BCUT2D eigenvalue weighted by Gasteiger charge is -2.15. The smallest absolute Gasteiger partial charge is 0.0216 e. The van der Waals surface area contributed by atoms with Crippen molar-refractivity contribution < 1.29 is 0 Å². The molecule has 56 valence electrons. The molecule has 0 radical (unpaired) electrons. The molecule has 0 amide bonds. The molecule has 0 spiro atoms. The van der Waals surface area contributed by atoms with Gasteiger partial charge in [-0.2, -0.15) is 0 Å². The maximum absolute atomic E-state index is 2.81. The predicted octanol–water partition coefficient (Wildman–Crippen LogP) is 3.12. The van der Waals surface area contributed by atoms with Crippen molar-refractivity contribution in [3.63, 3.8) is 0 Å². The molecule has 0 N–H and O–H groups in total. The molecule has 0 nitrogen and oxygen atoms in total. The van der Waals surface area contributed by atoms with E-state index in [-0.39, 0.29) is 0 Å². The molecule has 0 aromatic carbocycles. The van der Waals surface area contributed by atoms with Gasteiger partial charge in [-0.1, -0.05) is 26.0 Å². The van der Waals surface area contributed by atoms with Crippen LogP contribution in [0.25, 0.3) is 0 Å². The van der Waals surface area contributed by atoms with Gasteiger partial charge in [-0.05, 0) is 29.6 Å². The molecule has 0 bridgehead atoms. The van der Waals surface area contributed by atoms with E-state index < -0.39 is 0 Å². The molecule has 0 aliphatic heterocycles. The van der Waals surface area contributed by atoms with Gasteiger partial charge in [-0.3, -0.25) is 0 Å². The van der Waals surface area contributed by atoms with Crippen LogP contribution >= 0.6 is 9.24 Å². The first kappa shape index (κ1) is 8.01. The Balaban J connectivity index is 2.74. The van der Waals surface area contributed by atoms with E-state index in [2.05, 4.69) is 35.2 Å². The van der Waals surface area contributed by atoms with Crippen LogP contribution in [0.15, 0.2) is 23.0 Å². The Labute approximate surface area is 65.6 Å².